The molecule has 0 aromatic carbocycles. The Kier molecular flexibility index (Phi) is 4.90. The highest BCUT2D eigenvalue weighted by molar-refractivity contribution is 9.11. The molecular formula is C9H10BrNO3S. The van der Waals surface area contributed by atoms with Gasteiger partial charge in [-0.15, -0.1) is 11.3 Å². The van der Waals surface area contributed by atoms with E-state index < -0.39 is 11.9 Å². The zero-order valence-corrected chi connectivity index (χ0v) is 10.5. The summed E-state index contributed by atoms with van der Waals surface area (Å²) in [6.45, 7) is 2.03. The molecule has 1 heterocycles. The standard InChI is InChI=1S/C9H10BrNO3S/c1-2-14-8(13)6(3-4-12)7-5-15-9(10)11-7/h4-6H,2-3H2,1H3/t6-/m1/s1. The van der Waals surface area contributed by atoms with Crippen LogP contribution in [0.5, 0.6) is 0 Å². The molecule has 1 rings (SSSR count). The minimum Gasteiger partial charge on any atom is -0.465 e. The SMILES string of the molecule is CCOC(=O)[C@H](CC=O)c1csc(Br)n1. The van der Waals surface area contributed by atoms with E-state index in [1.165, 1.54) is 11.3 Å². The Morgan fingerprint density at radius 3 is 3.00 bits per heavy atom. The summed E-state index contributed by atoms with van der Waals surface area (Å²) in [5.41, 5.74) is 0.581. The topological polar surface area (TPSA) is 56.3 Å². The van der Waals surface area contributed by atoms with Crippen molar-refractivity contribution < 1.29 is 14.3 Å². The molecule has 4 nitrogen and oxygen atoms in total. The summed E-state index contributed by atoms with van der Waals surface area (Å²) in [7, 11) is 0. The normalized spacial score (nSPS) is 12.1. The Morgan fingerprint density at radius 2 is 2.53 bits per heavy atom. The van der Waals surface area contributed by atoms with Gasteiger partial charge in [0, 0.05) is 11.8 Å². The van der Waals surface area contributed by atoms with Gasteiger partial charge in [0.25, 0.3) is 0 Å². The van der Waals surface area contributed by atoms with Crippen LogP contribution in [0.3, 0.4) is 0 Å². The summed E-state index contributed by atoms with van der Waals surface area (Å²) in [6, 6.07) is 0. The molecule has 1 aromatic rings. The molecule has 0 saturated carbocycles. The van der Waals surface area contributed by atoms with E-state index >= 15 is 0 Å². The van der Waals surface area contributed by atoms with Crippen molar-refractivity contribution in [2.75, 3.05) is 6.61 Å². The van der Waals surface area contributed by atoms with Gasteiger partial charge in [0.2, 0.25) is 0 Å². The number of aldehydes is 1. The number of rotatable bonds is 5. The van der Waals surface area contributed by atoms with Crippen LogP contribution in [0.1, 0.15) is 25.0 Å². The average Bonchev–Trinajstić information content (AvgIpc) is 2.61. The number of nitrogens with zero attached hydrogens (tertiary/aromatic N) is 1. The highest BCUT2D eigenvalue weighted by Gasteiger charge is 2.23. The molecule has 0 fully saturated rings. The lowest BCUT2D eigenvalue weighted by Crippen LogP contribution is -2.16. The first kappa shape index (κ1) is 12.3. The van der Waals surface area contributed by atoms with E-state index in [-0.39, 0.29) is 6.42 Å². The summed E-state index contributed by atoms with van der Waals surface area (Å²) in [4.78, 5) is 26.1. The van der Waals surface area contributed by atoms with Gasteiger partial charge in [0.1, 0.15) is 12.2 Å². The Hall–Kier alpha value is -0.750. The molecule has 0 N–H and O–H groups in total. The Labute approximate surface area is 99.8 Å². The van der Waals surface area contributed by atoms with Gasteiger partial charge in [-0.25, -0.2) is 4.98 Å². The summed E-state index contributed by atoms with van der Waals surface area (Å²) < 4.78 is 5.56. The van der Waals surface area contributed by atoms with Crippen LogP contribution in [0.25, 0.3) is 0 Å². The first-order valence-electron chi connectivity index (χ1n) is 4.40. The smallest absolute Gasteiger partial charge is 0.315 e. The Balaban J connectivity index is 2.82. The third-order valence-electron chi connectivity index (χ3n) is 1.75. The zero-order chi connectivity index (χ0) is 11.3. The van der Waals surface area contributed by atoms with Crippen LogP contribution in [-0.4, -0.2) is 23.8 Å². The maximum Gasteiger partial charge on any atom is 0.315 e. The molecule has 15 heavy (non-hydrogen) atoms. The third-order valence-corrected chi connectivity index (χ3v) is 3.14. The molecule has 82 valence electrons. The van der Waals surface area contributed by atoms with Crippen molar-refractivity contribution in [1.29, 1.82) is 0 Å². The predicted octanol–water partition coefficient (Wildman–Crippen LogP) is 2.14. The minimum atomic E-state index is -0.579. The molecular weight excluding hydrogens is 282 g/mol. The maximum absolute atomic E-state index is 11.5. The van der Waals surface area contributed by atoms with Crippen LogP contribution >= 0.6 is 27.3 Å². The lowest BCUT2D eigenvalue weighted by Gasteiger charge is -2.09. The molecule has 0 bridgehead atoms. The van der Waals surface area contributed by atoms with Crippen molar-refractivity contribution in [3.63, 3.8) is 0 Å². The number of carbonyl (C=O) groups is 2. The minimum absolute atomic E-state index is 0.106. The Bertz CT molecular complexity index is 353. The van der Waals surface area contributed by atoms with E-state index in [2.05, 4.69) is 20.9 Å². The number of halogens is 1. The fraction of sp³-hybridized carbons (Fsp3) is 0.444. The third kappa shape index (κ3) is 3.39. The van der Waals surface area contributed by atoms with Gasteiger partial charge in [-0.2, -0.15) is 0 Å². The predicted molar refractivity (Wildman–Crippen MR) is 59.9 cm³/mol. The molecule has 0 saturated heterocycles. The first-order chi connectivity index (χ1) is 7.19. The summed E-state index contributed by atoms with van der Waals surface area (Å²) in [6.07, 6.45) is 0.809. The molecule has 0 radical (unpaired) electrons. The fourth-order valence-corrected chi connectivity index (χ4v) is 2.18. The monoisotopic (exact) mass is 291 g/mol. The van der Waals surface area contributed by atoms with Crippen molar-refractivity contribution in [1.82, 2.24) is 4.98 Å². The highest BCUT2D eigenvalue weighted by Crippen LogP contribution is 2.25. The fourth-order valence-electron chi connectivity index (χ4n) is 1.10. The van der Waals surface area contributed by atoms with E-state index in [1.54, 1.807) is 12.3 Å². The van der Waals surface area contributed by atoms with E-state index in [9.17, 15) is 9.59 Å². The first-order valence-corrected chi connectivity index (χ1v) is 6.07. The second-order valence-corrected chi connectivity index (χ2v) is 4.87. The molecule has 1 aromatic heterocycles. The van der Waals surface area contributed by atoms with Crippen LogP contribution in [0.2, 0.25) is 0 Å². The average molecular weight is 292 g/mol. The van der Waals surface area contributed by atoms with Crippen LogP contribution in [0, 0.1) is 0 Å². The lowest BCUT2D eigenvalue weighted by atomic mass is 10.0. The molecule has 1 atom stereocenters. The summed E-state index contributed by atoms with van der Waals surface area (Å²) in [5, 5.41) is 1.75. The van der Waals surface area contributed by atoms with Crippen molar-refractivity contribution >= 4 is 39.5 Å². The number of aromatic nitrogens is 1. The van der Waals surface area contributed by atoms with Gasteiger partial charge in [-0.1, -0.05) is 0 Å². The molecule has 0 aliphatic carbocycles. The number of thiazole rings is 1. The highest BCUT2D eigenvalue weighted by atomic mass is 79.9. The Morgan fingerprint density at radius 1 is 1.80 bits per heavy atom. The second kappa shape index (κ2) is 5.97. The quantitative estimate of drug-likeness (QED) is 0.616. The van der Waals surface area contributed by atoms with Crippen molar-refractivity contribution in [3.8, 4) is 0 Å². The van der Waals surface area contributed by atoms with Gasteiger partial charge in [-0.3, -0.25) is 4.79 Å². The number of ether oxygens (including phenoxy) is 1. The molecule has 0 spiro atoms. The number of esters is 1. The zero-order valence-electron chi connectivity index (χ0n) is 8.10. The molecule has 0 aliphatic rings. The molecule has 0 amide bonds. The van der Waals surface area contributed by atoms with Gasteiger partial charge in [0.05, 0.1) is 12.3 Å². The van der Waals surface area contributed by atoms with E-state index in [0.717, 1.165) is 0 Å². The summed E-state index contributed by atoms with van der Waals surface area (Å²) in [5.74, 6) is -0.979. The van der Waals surface area contributed by atoms with Gasteiger partial charge < -0.3 is 9.53 Å². The van der Waals surface area contributed by atoms with Gasteiger partial charge in [-0.05, 0) is 22.9 Å². The van der Waals surface area contributed by atoms with Crippen molar-refractivity contribution in [2.45, 2.75) is 19.3 Å². The molecule has 0 unspecified atom stereocenters. The lowest BCUT2D eigenvalue weighted by molar-refractivity contribution is -0.145. The van der Waals surface area contributed by atoms with E-state index in [0.29, 0.717) is 22.5 Å². The van der Waals surface area contributed by atoms with Crippen LogP contribution in [-0.2, 0) is 14.3 Å². The van der Waals surface area contributed by atoms with Gasteiger partial charge in [0.15, 0.2) is 3.92 Å². The summed E-state index contributed by atoms with van der Waals surface area (Å²) >= 11 is 4.58. The van der Waals surface area contributed by atoms with Crippen LogP contribution in [0.15, 0.2) is 9.30 Å². The largest absolute Gasteiger partial charge is 0.465 e. The maximum atomic E-state index is 11.5. The molecule has 6 heteroatoms. The van der Waals surface area contributed by atoms with Crippen LogP contribution < -0.4 is 0 Å². The second-order valence-electron chi connectivity index (χ2n) is 2.73. The van der Waals surface area contributed by atoms with Crippen LogP contribution in [0.4, 0.5) is 0 Å². The van der Waals surface area contributed by atoms with Crippen molar-refractivity contribution in [2.24, 2.45) is 0 Å². The van der Waals surface area contributed by atoms with Crippen molar-refractivity contribution in [3.05, 3.63) is 15.0 Å². The number of hydrogen-bond donors (Lipinski definition) is 0. The number of carbonyl (C=O) groups excluding carboxylic acids is 2. The van der Waals surface area contributed by atoms with E-state index in [4.69, 9.17) is 4.74 Å². The number of hydrogen-bond acceptors (Lipinski definition) is 5. The molecule has 0 aliphatic heterocycles. The van der Waals surface area contributed by atoms with Gasteiger partial charge >= 0.3 is 5.97 Å². The van der Waals surface area contributed by atoms with E-state index in [1.807, 2.05) is 0 Å².